The van der Waals surface area contributed by atoms with Crippen molar-refractivity contribution in [2.75, 3.05) is 6.54 Å². The second-order valence-electron chi connectivity index (χ2n) is 7.25. The summed E-state index contributed by atoms with van der Waals surface area (Å²) >= 11 is 0. The van der Waals surface area contributed by atoms with Crippen LogP contribution < -0.4 is 0 Å². The molecule has 0 saturated carbocycles. The lowest BCUT2D eigenvalue weighted by atomic mass is 10.00. The minimum absolute atomic E-state index is 0.0619. The quantitative estimate of drug-likeness (QED) is 0.292. The van der Waals surface area contributed by atoms with Crippen LogP contribution >= 0.6 is 0 Å². The second-order valence-corrected chi connectivity index (χ2v) is 7.25. The number of rotatable bonds is 3. The Morgan fingerprint density at radius 2 is 1.92 bits per heavy atom. The minimum Gasteiger partial charge on any atom is -0.452 e. The number of nitrogens with zero attached hydrogens (tertiary/aromatic N) is 2. The van der Waals surface area contributed by atoms with Crippen LogP contribution in [0.15, 0.2) is 24.3 Å². The lowest BCUT2D eigenvalue weighted by Gasteiger charge is -2.42. The number of carbonyl (C=O) groups excluding carboxylic acids is 1. The molecule has 1 aliphatic rings. The fourth-order valence-corrected chi connectivity index (χ4v) is 3.41. The molecule has 2 rings (SSSR count). The molecule has 1 aromatic rings. The Morgan fingerprint density at radius 1 is 1.35 bits per heavy atom. The maximum absolute atomic E-state index is 12.3. The van der Waals surface area contributed by atoms with Gasteiger partial charge >= 0.3 is 12.1 Å². The molecule has 1 aromatic carbocycles. The Bertz CT molecular complexity index is 774. The zero-order valence-electron chi connectivity index (χ0n) is 14.8. The molecule has 1 heterocycles. The molecular formula is C18H21N2O6+. The Hall–Kier alpha value is -2.92. The van der Waals surface area contributed by atoms with E-state index in [1.54, 1.807) is 20.8 Å². The van der Waals surface area contributed by atoms with Crippen molar-refractivity contribution < 1.29 is 28.8 Å². The van der Waals surface area contributed by atoms with Crippen LogP contribution in [0.3, 0.4) is 0 Å². The van der Waals surface area contributed by atoms with Crippen LogP contribution in [0.1, 0.15) is 37.6 Å². The van der Waals surface area contributed by atoms with Gasteiger partial charge in [-0.25, -0.2) is 9.28 Å². The van der Waals surface area contributed by atoms with Crippen LogP contribution in [0.5, 0.6) is 0 Å². The highest BCUT2D eigenvalue weighted by atomic mass is 16.6. The van der Waals surface area contributed by atoms with E-state index < -0.39 is 34.7 Å². The fraction of sp³-hybridized carbons (Fsp3) is 0.444. The number of hydrogen-bond donors (Lipinski definition) is 1. The van der Waals surface area contributed by atoms with E-state index in [0.717, 1.165) is 0 Å². The molecule has 26 heavy (non-hydrogen) atoms. The molecule has 1 fully saturated rings. The van der Waals surface area contributed by atoms with Gasteiger partial charge in [-0.2, -0.15) is 4.79 Å². The van der Waals surface area contributed by atoms with Crippen molar-refractivity contribution in [2.24, 2.45) is 0 Å². The maximum atomic E-state index is 12.3. The lowest BCUT2D eigenvalue weighted by molar-refractivity contribution is -0.908. The van der Waals surface area contributed by atoms with Crippen molar-refractivity contribution >= 4 is 17.7 Å². The highest BCUT2D eigenvalue weighted by molar-refractivity contribution is 5.89. The van der Waals surface area contributed by atoms with Gasteiger partial charge in [0, 0.05) is 12.1 Å². The van der Waals surface area contributed by atoms with Crippen molar-refractivity contribution in [2.45, 2.75) is 44.9 Å². The van der Waals surface area contributed by atoms with Gasteiger partial charge in [0.15, 0.2) is 12.1 Å². The van der Waals surface area contributed by atoms with Crippen molar-refractivity contribution in [3.63, 3.8) is 0 Å². The molecule has 1 aliphatic heterocycles. The average Bonchev–Trinajstić information content (AvgIpc) is 2.94. The summed E-state index contributed by atoms with van der Waals surface area (Å²) in [6.07, 6.45) is 4.08. The first-order valence-electron chi connectivity index (χ1n) is 8.06. The van der Waals surface area contributed by atoms with Gasteiger partial charge in [0.2, 0.25) is 0 Å². The molecule has 3 atom stereocenters. The number of carboxylic acid groups (broad SMARTS) is 1. The van der Waals surface area contributed by atoms with Gasteiger partial charge in [-0.1, -0.05) is 0 Å². The molecule has 1 saturated heterocycles. The molecule has 1 N–H and O–H groups in total. The van der Waals surface area contributed by atoms with Gasteiger partial charge in [-0.15, -0.1) is 6.42 Å². The summed E-state index contributed by atoms with van der Waals surface area (Å²) in [6, 6.07) is 4.40. The average molecular weight is 361 g/mol. The largest absolute Gasteiger partial charge is 0.515 e. The van der Waals surface area contributed by atoms with Crippen molar-refractivity contribution in [1.82, 2.24) is 0 Å². The van der Waals surface area contributed by atoms with Crippen molar-refractivity contribution in [1.29, 1.82) is 0 Å². The molecule has 138 valence electrons. The van der Waals surface area contributed by atoms with Gasteiger partial charge in [0.25, 0.3) is 5.69 Å². The highest BCUT2D eigenvalue weighted by Gasteiger charge is 2.60. The SMILES string of the molecule is C#C[C@H]1C[C@H](OC(=O)c2ccc([N+](=O)[O-])cc2)C[N+]1(C(=O)O)C(C)(C)C. The summed E-state index contributed by atoms with van der Waals surface area (Å²) in [4.78, 5) is 34.4. The molecule has 0 aliphatic carbocycles. The molecule has 0 radical (unpaired) electrons. The highest BCUT2D eigenvalue weighted by Crippen LogP contribution is 2.38. The third-order valence-electron chi connectivity index (χ3n) is 4.83. The third kappa shape index (κ3) is 3.26. The van der Waals surface area contributed by atoms with Crippen molar-refractivity contribution in [3.05, 3.63) is 39.9 Å². The van der Waals surface area contributed by atoms with Gasteiger partial charge in [-0.3, -0.25) is 10.1 Å². The lowest BCUT2D eigenvalue weighted by Crippen LogP contribution is -2.65. The molecule has 1 amide bonds. The molecular weight excluding hydrogens is 340 g/mol. The Labute approximate surface area is 151 Å². The number of likely N-dealkylation sites (tertiary alicyclic amines) is 1. The number of benzene rings is 1. The van der Waals surface area contributed by atoms with Gasteiger partial charge in [-0.05, 0) is 38.8 Å². The normalized spacial score (nSPS) is 25.3. The number of non-ortho nitro benzene ring substituents is 1. The summed E-state index contributed by atoms with van der Waals surface area (Å²) in [6.45, 7) is 5.41. The maximum Gasteiger partial charge on any atom is 0.515 e. The number of amides is 1. The van der Waals surface area contributed by atoms with Crippen molar-refractivity contribution in [3.8, 4) is 12.3 Å². The number of carbonyl (C=O) groups is 2. The first-order chi connectivity index (χ1) is 12.0. The van der Waals surface area contributed by atoms with Crippen LogP contribution in [-0.4, -0.2) is 50.8 Å². The molecule has 1 unspecified atom stereocenters. The van der Waals surface area contributed by atoms with E-state index in [1.165, 1.54) is 24.3 Å². The Kier molecular flexibility index (Phi) is 5.05. The summed E-state index contributed by atoms with van der Waals surface area (Å²) < 4.78 is 5.06. The molecule has 8 nitrogen and oxygen atoms in total. The van der Waals surface area contributed by atoms with Gasteiger partial charge < -0.3 is 9.84 Å². The van der Waals surface area contributed by atoms with E-state index in [9.17, 15) is 24.8 Å². The number of nitro benzene ring substituents is 1. The number of nitro groups is 1. The standard InChI is InChI=1S/C18H20N2O6/c1-5-14-10-15(11-20(14,17(22)23)18(2,3)4)26-16(21)12-6-8-13(9-7-12)19(24)25/h1,6-9,14-15H,10-11H2,2-4H3/p+1/t14-,15-,20?/m0/s1. The van der Waals surface area contributed by atoms with Crippen LogP contribution in [0, 0.1) is 22.5 Å². The topological polar surface area (TPSA) is 107 Å². The smallest absolute Gasteiger partial charge is 0.452 e. The van der Waals surface area contributed by atoms with E-state index in [1.807, 2.05) is 0 Å². The first-order valence-corrected chi connectivity index (χ1v) is 8.06. The summed E-state index contributed by atoms with van der Waals surface area (Å²) in [5, 5.41) is 20.5. The Balaban J connectivity index is 2.21. The number of terminal acetylenes is 1. The number of esters is 1. The molecule has 8 heteroatoms. The minimum atomic E-state index is -1.06. The van der Waals surface area contributed by atoms with Crippen LogP contribution in [-0.2, 0) is 4.74 Å². The summed E-state index contributed by atoms with van der Waals surface area (Å²) in [7, 11) is 0. The predicted octanol–water partition coefficient (Wildman–Crippen LogP) is 2.82. The Morgan fingerprint density at radius 3 is 2.31 bits per heavy atom. The third-order valence-corrected chi connectivity index (χ3v) is 4.83. The number of quaternary nitrogens is 1. The van der Waals surface area contributed by atoms with Gasteiger partial charge in [0.1, 0.15) is 12.1 Å². The molecule has 0 spiro atoms. The zero-order chi connectivity index (χ0) is 19.7. The van der Waals surface area contributed by atoms with E-state index >= 15 is 0 Å². The fourth-order valence-electron chi connectivity index (χ4n) is 3.41. The van der Waals surface area contributed by atoms with E-state index in [4.69, 9.17) is 11.2 Å². The monoisotopic (exact) mass is 361 g/mol. The van der Waals surface area contributed by atoms with Gasteiger partial charge in [0.05, 0.1) is 16.9 Å². The zero-order valence-corrected chi connectivity index (χ0v) is 14.8. The molecule has 0 aromatic heterocycles. The van der Waals surface area contributed by atoms with Crippen LogP contribution in [0.25, 0.3) is 0 Å². The van der Waals surface area contributed by atoms with Crippen LogP contribution in [0.4, 0.5) is 10.5 Å². The van der Waals surface area contributed by atoms with E-state index in [2.05, 4.69) is 5.92 Å². The summed E-state index contributed by atoms with van der Waals surface area (Å²) in [5.74, 6) is 1.86. The number of hydrogen-bond acceptors (Lipinski definition) is 5. The molecule has 0 bridgehead atoms. The summed E-state index contributed by atoms with van der Waals surface area (Å²) in [5.41, 5.74) is -0.662. The van der Waals surface area contributed by atoms with Crippen LogP contribution in [0.2, 0.25) is 0 Å². The van der Waals surface area contributed by atoms with E-state index in [-0.39, 0.29) is 28.7 Å². The van der Waals surface area contributed by atoms with E-state index in [0.29, 0.717) is 0 Å². The first kappa shape index (κ1) is 19.4. The predicted molar refractivity (Wildman–Crippen MR) is 92.4 cm³/mol. The second kappa shape index (κ2) is 6.77. The number of ether oxygens (including phenoxy) is 1.